The summed E-state index contributed by atoms with van der Waals surface area (Å²) < 4.78 is 24.4. The third kappa shape index (κ3) is 6.44. The standard InChI is InChI=1S/C17H27FN2O3/c1-11(10-20(6)16(21)23-17(3,4)5)22-15-8-7-13(18)9-14(15)12(2)19/h7-9,11-12H,10,19H2,1-6H3/t11-,12+/m0/s1. The van der Waals surface area contributed by atoms with Crippen molar-refractivity contribution in [3.63, 3.8) is 0 Å². The van der Waals surface area contributed by atoms with E-state index in [-0.39, 0.29) is 18.0 Å². The van der Waals surface area contributed by atoms with Crippen LogP contribution in [0, 0.1) is 5.82 Å². The highest BCUT2D eigenvalue weighted by Crippen LogP contribution is 2.25. The summed E-state index contributed by atoms with van der Waals surface area (Å²) in [5.41, 5.74) is 5.89. The molecule has 0 aliphatic heterocycles. The molecule has 1 amide bonds. The molecule has 1 aromatic rings. The number of hydrogen-bond acceptors (Lipinski definition) is 4. The van der Waals surface area contributed by atoms with Crippen LogP contribution in [0.15, 0.2) is 18.2 Å². The molecule has 2 atom stereocenters. The number of nitrogens with zero attached hydrogens (tertiary/aromatic N) is 1. The minimum Gasteiger partial charge on any atom is -0.489 e. The van der Waals surface area contributed by atoms with Gasteiger partial charge in [0.2, 0.25) is 0 Å². The molecule has 0 radical (unpaired) electrons. The van der Waals surface area contributed by atoms with Crippen molar-refractivity contribution in [3.8, 4) is 5.75 Å². The minimum absolute atomic E-state index is 0.296. The Bertz CT molecular complexity index is 541. The lowest BCUT2D eigenvalue weighted by Crippen LogP contribution is -2.39. The number of hydrogen-bond donors (Lipinski definition) is 1. The molecular formula is C17H27FN2O3. The smallest absolute Gasteiger partial charge is 0.410 e. The van der Waals surface area contributed by atoms with E-state index < -0.39 is 11.7 Å². The van der Waals surface area contributed by atoms with Gasteiger partial charge in [-0.15, -0.1) is 0 Å². The first kappa shape index (κ1) is 19.2. The summed E-state index contributed by atoms with van der Waals surface area (Å²) in [5, 5.41) is 0. The molecule has 1 rings (SSSR count). The van der Waals surface area contributed by atoms with Crippen LogP contribution in [0.3, 0.4) is 0 Å². The van der Waals surface area contributed by atoms with Gasteiger partial charge in [-0.1, -0.05) is 0 Å². The second-order valence-electron chi connectivity index (χ2n) is 6.76. The number of ether oxygens (including phenoxy) is 2. The number of carbonyl (C=O) groups is 1. The average molecular weight is 326 g/mol. The summed E-state index contributed by atoms with van der Waals surface area (Å²) >= 11 is 0. The van der Waals surface area contributed by atoms with Crippen molar-refractivity contribution in [2.75, 3.05) is 13.6 Å². The highest BCUT2D eigenvalue weighted by molar-refractivity contribution is 5.67. The van der Waals surface area contributed by atoms with Crippen LogP contribution in [-0.2, 0) is 4.74 Å². The second kappa shape index (κ2) is 7.64. The summed E-state index contributed by atoms with van der Waals surface area (Å²) in [7, 11) is 1.64. The summed E-state index contributed by atoms with van der Waals surface area (Å²) in [6, 6.07) is 3.89. The molecule has 1 aromatic carbocycles. The number of rotatable bonds is 5. The summed E-state index contributed by atoms with van der Waals surface area (Å²) in [4.78, 5) is 13.4. The van der Waals surface area contributed by atoms with Crippen LogP contribution in [0.2, 0.25) is 0 Å². The van der Waals surface area contributed by atoms with Crippen LogP contribution in [0.4, 0.5) is 9.18 Å². The minimum atomic E-state index is -0.547. The van der Waals surface area contributed by atoms with Gasteiger partial charge < -0.3 is 20.1 Å². The number of likely N-dealkylation sites (N-methyl/N-ethyl adjacent to an activating group) is 1. The number of halogens is 1. The first-order chi connectivity index (χ1) is 10.5. The Labute approximate surface area is 137 Å². The van der Waals surface area contributed by atoms with E-state index in [4.69, 9.17) is 15.2 Å². The van der Waals surface area contributed by atoms with E-state index in [0.29, 0.717) is 17.9 Å². The second-order valence-corrected chi connectivity index (χ2v) is 6.76. The Hall–Kier alpha value is -1.82. The summed E-state index contributed by atoms with van der Waals surface area (Å²) in [6.45, 7) is 9.36. The molecule has 0 saturated carbocycles. The maximum absolute atomic E-state index is 13.3. The molecule has 23 heavy (non-hydrogen) atoms. The zero-order valence-electron chi connectivity index (χ0n) is 14.7. The van der Waals surface area contributed by atoms with Crippen molar-refractivity contribution >= 4 is 6.09 Å². The van der Waals surface area contributed by atoms with Crippen LogP contribution < -0.4 is 10.5 Å². The highest BCUT2D eigenvalue weighted by atomic mass is 19.1. The molecule has 0 fully saturated rings. The fourth-order valence-electron chi connectivity index (χ4n) is 2.04. The number of benzene rings is 1. The fraction of sp³-hybridized carbons (Fsp3) is 0.588. The van der Waals surface area contributed by atoms with Crippen LogP contribution in [0.5, 0.6) is 5.75 Å². The maximum Gasteiger partial charge on any atom is 0.410 e. The monoisotopic (exact) mass is 326 g/mol. The van der Waals surface area contributed by atoms with E-state index in [9.17, 15) is 9.18 Å². The van der Waals surface area contributed by atoms with E-state index in [2.05, 4.69) is 0 Å². The van der Waals surface area contributed by atoms with Crippen LogP contribution in [0.25, 0.3) is 0 Å². The molecule has 130 valence electrons. The van der Waals surface area contributed by atoms with Gasteiger partial charge in [-0.3, -0.25) is 0 Å². The van der Waals surface area contributed by atoms with Crippen molar-refractivity contribution in [2.24, 2.45) is 5.73 Å². The van der Waals surface area contributed by atoms with E-state index in [1.807, 2.05) is 27.7 Å². The van der Waals surface area contributed by atoms with Gasteiger partial charge in [0.25, 0.3) is 0 Å². The lowest BCUT2D eigenvalue weighted by Gasteiger charge is -2.27. The van der Waals surface area contributed by atoms with Crippen molar-refractivity contribution < 1.29 is 18.7 Å². The molecule has 0 aliphatic rings. The van der Waals surface area contributed by atoms with Gasteiger partial charge in [-0.25, -0.2) is 9.18 Å². The third-order valence-electron chi connectivity index (χ3n) is 3.03. The Morgan fingerprint density at radius 1 is 1.35 bits per heavy atom. The fourth-order valence-corrected chi connectivity index (χ4v) is 2.04. The molecule has 0 aromatic heterocycles. The number of nitrogens with two attached hydrogens (primary N) is 1. The molecule has 0 bridgehead atoms. The third-order valence-corrected chi connectivity index (χ3v) is 3.03. The van der Waals surface area contributed by atoms with Crippen LogP contribution in [-0.4, -0.2) is 36.3 Å². The molecular weight excluding hydrogens is 299 g/mol. The van der Waals surface area contributed by atoms with Crippen molar-refractivity contribution in [3.05, 3.63) is 29.6 Å². The Morgan fingerprint density at radius 2 is 1.96 bits per heavy atom. The predicted octanol–water partition coefficient (Wildman–Crippen LogP) is 3.48. The summed E-state index contributed by atoms with van der Waals surface area (Å²) in [6.07, 6.45) is -0.713. The van der Waals surface area contributed by atoms with Gasteiger partial charge >= 0.3 is 6.09 Å². The molecule has 0 spiro atoms. The lowest BCUT2D eigenvalue weighted by molar-refractivity contribution is 0.0237. The van der Waals surface area contributed by atoms with Crippen molar-refractivity contribution in [1.82, 2.24) is 4.90 Å². The SMILES string of the molecule is C[C@@H](CN(C)C(=O)OC(C)(C)C)Oc1ccc(F)cc1[C@@H](C)N. The van der Waals surface area contributed by atoms with Crippen molar-refractivity contribution in [1.29, 1.82) is 0 Å². The van der Waals surface area contributed by atoms with Gasteiger partial charge in [-0.2, -0.15) is 0 Å². The van der Waals surface area contributed by atoms with E-state index in [1.165, 1.54) is 17.0 Å². The highest BCUT2D eigenvalue weighted by Gasteiger charge is 2.21. The molecule has 0 heterocycles. The van der Waals surface area contributed by atoms with E-state index in [0.717, 1.165) is 0 Å². The zero-order chi connectivity index (χ0) is 17.8. The Morgan fingerprint density at radius 3 is 2.48 bits per heavy atom. The molecule has 0 aliphatic carbocycles. The maximum atomic E-state index is 13.3. The van der Waals surface area contributed by atoms with Gasteiger partial charge in [-0.05, 0) is 52.8 Å². The first-order valence-corrected chi connectivity index (χ1v) is 7.65. The van der Waals surface area contributed by atoms with Crippen LogP contribution >= 0.6 is 0 Å². The zero-order valence-corrected chi connectivity index (χ0v) is 14.7. The average Bonchev–Trinajstić information content (AvgIpc) is 2.38. The van der Waals surface area contributed by atoms with Gasteiger partial charge in [0.05, 0.1) is 6.54 Å². The number of amides is 1. The topological polar surface area (TPSA) is 64.8 Å². The number of carbonyl (C=O) groups excluding carboxylic acids is 1. The Kier molecular flexibility index (Phi) is 6.38. The molecule has 6 heteroatoms. The molecule has 0 saturated heterocycles. The van der Waals surface area contributed by atoms with Crippen molar-refractivity contribution in [2.45, 2.75) is 52.4 Å². The molecule has 2 N–H and O–H groups in total. The van der Waals surface area contributed by atoms with Gasteiger partial charge in [0.15, 0.2) is 0 Å². The summed E-state index contributed by atoms with van der Waals surface area (Å²) in [5.74, 6) is 0.162. The predicted molar refractivity (Wildman–Crippen MR) is 88.0 cm³/mol. The van der Waals surface area contributed by atoms with Gasteiger partial charge in [0.1, 0.15) is 23.3 Å². The normalized spacial score (nSPS) is 14.1. The van der Waals surface area contributed by atoms with Gasteiger partial charge in [0, 0.05) is 18.7 Å². The lowest BCUT2D eigenvalue weighted by atomic mass is 10.1. The quantitative estimate of drug-likeness (QED) is 0.899. The largest absolute Gasteiger partial charge is 0.489 e. The Balaban J connectivity index is 2.70. The van der Waals surface area contributed by atoms with E-state index in [1.54, 1.807) is 20.0 Å². The molecule has 5 nitrogen and oxygen atoms in total. The first-order valence-electron chi connectivity index (χ1n) is 7.65. The van der Waals surface area contributed by atoms with E-state index >= 15 is 0 Å². The molecule has 0 unspecified atom stereocenters. The van der Waals surface area contributed by atoms with Crippen LogP contribution in [0.1, 0.15) is 46.2 Å².